The van der Waals surface area contributed by atoms with Crippen molar-refractivity contribution in [3.05, 3.63) is 58.6 Å². The summed E-state index contributed by atoms with van der Waals surface area (Å²) in [5.41, 5.74) is 3.39. The molecule has 0 aliphatic heterocycles. The number of carbonyl (C=O) groups excluding carboxylic acids is 1. The Morgan fingerprint density at radius 1 is 1.10 bits per heavy atom. The number of amides is 1. The summed E-state index contributed by atoms with van der Waals surface area (Å²) in [6.07, 6.45) is 1.07. The Balaban J connectivity index is 2.10. The third kappa shape index (κ3) is 4.23. The SMILES string of the molecule is CCCNc1ccc(C(=O)Nc2ccc(Cl)cc2)c(C)c1. The van der Waals surface area contributed by atoms with Crippen molar-refractivity contribution in [3.8, 4) is 0 Å². The van der Waals surface area contributed by atoms with Gasteiger partial charge in [-0.05, 0) is 61.4 Å². The molecule has 110 valence electrons. The molecule has 3 nitrogen and oxygen atoms in total. The number of hydrogen-bond donors (Lipinski definition) is 2. The van der Waals surface area contributed by atoms with Gasteiger partial charge in [-0.25, -0.2) is 0 Å². The van der Waals surface area contributed by atoms with Gasteiger partial charge >= 0.3 is 0 Å². The minimum Gasteiger partial charge on any atom is -0.385 e. The first-order valence-corrected chi connectivity index (χ1v) is 7.39. The highest BCUT2D eigenvalue weighted by molar-refractivity contribution is 6.30. The summed E-state index contributed by atoms with van der Waals surface area (Å²) in [7, 11) is 0. The van der Waals surface area contributed by atoms with Crippen LogP contribution >= 0.6 is 11.6 Å². The molecule has 0 saturated carbocycles. The van der Waals surface area contributed by atoms with Crippen LogP contribution in [0.4, 0.5) is 11.4 Å². The van der Waals surface area contributed by atoms with Gasteiger partial charge in [-0.1, -0.05) is 18.5 Å². The molecule has 0 fully saturated rings. The number of aryl methyl sites for hydroxylation is 1. The van der Waals surface area contributed by atoms with Gasteiger partial charge in [0.05, 0.1) is 0 Å². The molecular formula is C17H19ClN2O. The first kappa shape index (κ1) is 15.4. The second-order valence-corrected chi connectivity index (χ2v) is 5.35. The molecule has 2 aromatic rings. The monoisotopic (exact) mass is 302 g/mol. The average Bonchev–Trinajstić information content (AvgIpc) is 2.47. The topological polar surface area (TPSA) is 41.1 Å². The van der Waals surface area contributed by atoms with E-state index in [9.17, 15) is 4.79 Å². The van der Waals surface area contributed by atoms with E-state index in [1.165, 1.54) is 0 Å². The maximum absolute atomic E-state index is 12.3. The normalized spacial score (nSPS) is 10.2. The van der Waals surface area contributed by atoms with E-state index in [0.717, 1.165) is 29.9 Å². The van der Waals surface area contributed by atoms with Gasteiger partial charge in [0.2, 0.25) is 0 Å². The molecular weight excluding hydrogens is 284 g/mol. The molecule has 0 atom stereocenters. The second-order valence-electron chi connectivity index (χ2n) is 4.92. The minimum absolute atomic E-state index is 0.114. The highest BCUT2D eigenvalue weighted by Crippen LogP contribution is 2.18. The van der Waals surface area contributed by atoms with Gasteiger partial charge in [-0.15, -0.1) is 0 Å². The zero-order valence-electron chi connectivity index (χ0n) is 12.2. The van der Waals surface area contributed by atoms with Gasteiger partial charge in [-0.3, -0.25) is 4.79 Å². The maximum Gasteiger partial charge on any atom is 0.255 e. The van der Waals surface area contributed by atoms with Crippen molar-refractivity contribution in [1.29, 1.82) is 0 Å². The standard InChI is InChI=1S/C17H19ClN2O/c1-3-10-19-15-8-9-16(12(2)11-15)17(21)20-14-6-4-13(18)5-7-14/h4-9,11,19H,3,10H2,1-2H3,(H,20,21). The number of rotatable bonds is 5. The van der Waals surface area contributed by atoms with Crippen LogP contribution < -0.4 is 10.6 Å². The predicted octanol–water partition coefficient (Wildman–Crippen LogP) is 4.72. The minimum atomic E-state index is -0.114. The zero-order chi connectivity index (χ0) is 15.2. The Hall–Kier alpha value is -2.00. The summed E-state index contributed by atoms with van der Waals surface area (Å²) >= 11 is 5.83. The Labute approximate surface area is 130 Å². The molecule has 21 heavy (non-hydrogen) atoms. The van der Waals surface area contributed by atoms with E-state index >= 15 is 0 Å². The van der Waals surface area contributed by atoms with E-state index in [2.05, 4.69) is 17.6 Å². The first-order valence-electron chi connectivity index (χ1n) is 7.01. The molecule has 0 aliphatic carbocycles. The van der Waals surface area contributed by atoms with Crippen LogP contribution in [0.5, 0.6) is 0 Å². The number of anilines is 2. The number of hydrogen-bond acceptors (Lipinski definition) is 2. The van der Waals surface area contributed by atoms with E-state index in [1.54, 1.807) is 24.3 Å². The molecule has 2 rings (SSSR count). The molecule has 0 aromatic heterocycles. The van der Waals surface area contributed by atoms with Gasteiger partial charge in [-0.2, -0.15) is 0 Å². The Morgan fingerprint density at radius 3 is 2.38 bits per heavy atom. The third-order valence-electron chi connectivity index (χ3n) is 3.15. The molecule has 0 radical (unpaired) electrons. The molecule has 0 bridgehead atoms. The van der Waals surface area contributed by atoms with Crippen LogP contribution in [0.15, 0.2) is 42.5 Å². The van der Waals surface area contributed by atoms with Gasteiger partial charge in [0, 0.05) is 28.5 Å². The summed E-state index contributed by atoms with van der Waals surface area (Å²) in [5.74, 6) is -0.114. The molecule has 0 heterocycles. The molecule has 0 spiro atoms. The lowest BCUT2D eigenvalue weighted by Gasteiger charge is -2.10. The highest BCUT2D eigenvalue weighted by atomic mass is 35.5. The molecule has 1 amide bonds. The van der Waals surface area contributed by atoms with Gasteiger partial charge in [0.1, 0.15) is 0 Å². The van der Waals surface area contributed by atoms with Crippen LogP contribution in [-0.2, 0) is 0 Å². The summed E-state index contributed by atoms with van der Waals surface area (Å²) in [4.78, 5) is 12.3. The summed E-state index contributed by atoms with van der Waals surface area (Å²) in [5, 5.41) is 6.83. The first-order chi connectivity index (χ1) is 10.1. The Morgan fingerprint density at radius 2 is 1.76 bits per heavy atom. The van der Waals surface area contributed by atoms with Crippen molar-refractivity contribution < 1.29 is 4.79 Å². The van der Waals surface area contributed by atoms with Crippen LogP contribution in [0.1, 0.15) is 29.3 Å². The Bertz CT molecular complexity index is 623. The molecule has 2 N–H and O–H groups in total. The Kier molecular flexibility index (Phi) is 5.23. The van der Waals surface area contributed by atoms with Crippen LogP contribution in [0.3, 0.4) is 0 Å². The third-order valence-corrected chi connectivity index (χ3v) is 3.40. The molecule has 0 saturated heterocycles. The van der Waals surface area contributed by atoms with Crippen LogP contribution in [0.25, 0.3) is 0 Å². The number of benzene rings is 2. The van der Waals surface area contributed by atoms with Crippen molar-refractivity contribution in [2.75, 3.05) is 17.2 Å². The van der Waals surface area contributed by atoms with Gasteiger partial charge in [0.25, 0.3) is 5.91 Å². The lowest BCUT2D eigenvalue weighted by atomic mass is 10.1. The van der Waals surface area contributed by atoms with Crippen LogP contribution in [0, 0.1) is 6.92 Å². The van der Waals surface area contributed by atoms with E-state index in [-0.39, 0.29) is 5.91 Å². The number of halogens is 1. The van der Waals surface area contributed by atoms with Gasteiger partial charge < -0.3 is 10.6 Å². The predicted molar refractivity (Wildman–Crippen MR) is 89.4 cm³/mol. The lowest BCUT2D eigenvalue weighted by molar-refractivity contribution is 0.102. The quantitative estimate of drug-likeness (QED) is 0.839. The van der Waals surface area contributed by atoms with E-state index in [0.29, 0.717) is 10.6 Å². The molecule has 0 aliphatic rings. The smallest absolute Gasteiger partial charge is 0.255 e. The summed E-state index contributed by atoms with van der Waals surface area (Å²) in [6.45, 7) is 4.98. The molecule has 2 aromatic carbocycles. The zero-order valence-corrected chi connectivity index (χ0v) is 13.0. The van der Waals surface area contributed by atoms with Crippen molar-refractivity contribution in [1.82, 2.24) is 0 Å². The lowest BCUT2D eigenvalue weighted by Crippen LogP contribution is -2.13. The number of carbonyl (C=O) groups is 1. The van der Waals surface area contributed by atoms with E-state index < -0.39 is 0 Å². The molecule has 0 unspecified atom stereocenters. The highest BCUT2D eigenvalue weighted by Gasteiger charge is 2.09. The summed E-state index contributed by atoms with van der Waals surface area (Å²) < 4.78 is 0. The van der Waals surface area contributed by atoms with Crippen LogP contribution in [0.2, 0.25) is 5.02 Å². The fourth-order valence-electron chi connectivity index (χ4n) is 2.03. The average molecular weight is 303 g/mol. The second kappa shape index (κ2) is 7.14. The van der Waals surface area contributed by atoms with Crippen molar-refractivity contribution >= 4 is 28.9 Å². The fourth-order valence-corrected chi connectivity index (χ4v) is 2.16. The van der Waals surface area contributed by atoms with Crippen LogP contribution in [-0.4, -0.2) is 12.5 Å². The largest absolute Gasteiger partial charge is 0.385 e. The maximum atomic E-state index is 12.3. The fraction of sp³-hybridized carbons (Fsp3) is 0.235. The van der Waals surface area contributed by atoms with Crippen molar-refractivity contribution in [2.45, 2.75) is 20.3 Å². The van der Waals surface area contributed by atoms with Crippen molar-refractivity contribution in [3.63, 3.8) is 0 Å². The summed E-state index contributed by atoms with van der Waals surface area (Å²) in [6, 6.07) is 12.8. The van der Waals surface area contributed by atoms with Gasteiger partial charge in [0.15, 0.2) is 0 Å². The van der Waals surface area contributed by atoms with Crippen molar-refractivity contribution in [2.24, 2.45) is 0 Å². The van der Waals surface area contributed by atoms with E-state index in [1.807, 2.05) is 25.1 Å². The molecule has 4 heteroatoms. The van der Waals surface area contributed by atoms with E-state index in [4.69, 9.17) is 11.6 Å². The number of nitrogens with one attached hydrogen (secondary N) is 2.